The van der Waals surface area contributed by atoms with Crippen LogP contribution in [0.15, 0.2) is 52.4 Å². The van der Waals surface area contributed by atoms with Crippen LogP contribution in [0.2, 0.25) is 0 Å². The molecular weight excluding hydrogens is 471 g/mol. The first-order valence-electron chi connectivity index (χ1n) is 10.3. The number of carbonyl (C=O) groups excluding carboxylic acids is 1. The van der Waals surface area contributed by atoms with Gasteiger partial charge in [-0.3, -0.25) is 14.9 Å². The minimum atomic E-state index is -3.76. The van der Waals surface area contributed by atoms with Gasteiger partial charge in [-0.1, -0.05) is 11.3 Å². The minimum absolute atomic E-state index is 0.0155. The van der Waals surface area contributed by atoms with Gasteiger partial charge in [0.25, 0.3) is 11.6 Å². The van der Waals surface area contributed by atoms with E-state index in [1.165, 1.54) is 39.9 Å². The van der Waals surface area contributed by atoms with Crippen LogP contribution in [0, 0.1) is 21.8 Å². The Balaban J connectivity index is 1.53. The predicted molar refractivity (Wildman–Crippen MR) is 121 cm³/mol. The van der Waals surface area contributed by atoms with E-state index >= 15 is 0 Å². The predicted octanol–water partition coefficient (Wildman–Crippen LogP) is 3.30. The lowest BCUT2D eigenvalue weighted by Gasteiger charge is -2.29. The molecule has 2 aromatic carbocycles. The highest BCUT2D eigenvalue weighted by Crippen LogP contribution is 2.26. The van der Waals surface area contributed by atoms with Crippen LogP contribution in [-0.2, 0) is 21.4 Å². The molecule has 2 heterocycles. The highest BCUT2D eigenvalue weighted by Gasteiger charge is 2.32. The molecule has 0 atom stereocenters. The zero-order chi connectivity index (χ0) is 23.8. The van der Waals surface area contributed by atoms with E-state index in [2.05, 4.69) is 4.99 Å². The average molecular weight is 493 g/mol. The normalized spacial score (nSPS) is 16.4. The number of fused-ring (bicyclic) bond motifs is 1. The number of aryl methyl sites for hydroxylation is 1. The van der Waals surface area contributed by atoms with Gasteiger partial charge in [0.05, 0.1) is 20.0 Å². The zero-order valence-electron chi connectivity index (χ0n) is 17.7. The van der Waals surface area contributed by atoms with E-state index in [1.807, 2.05) is 6.92 Å². The number of benzene rings is 2. The van der Waals surface area contributed by atoms with Crippen molar-refractivity contribution >= 4 is 43.2 Å². The molecule has 0 unspecified atom stereocenters. The van der Waals surface area contributed by atoms with E-state index in [9.17, 15) is 27.7 Å². The van der Waals surface area contributed by atoms with Gasteiger partial charge < -0.3 is 4.57 Å². The van der Waals surface area contributed by atoms with Crippen LogP contribution < -0.4 is 4.80 Å². The number of nitrogens with zero attached hydrogens (tertiary/aromatic N) is 4. The largest absolute Gasteiger partial charge is 0.316 e. The summed E-state index contributed by atoms with van der Waals surface area (Å²) in [5.41, 5.74) is 0.610. The zero-order valence-corrected chi connectivity index (χ0v) is 19.3. The fraction of sp³-hybridized carbons (Fsp3) is 0.333. The number of sulfonamides is 1. The number of hydrogen-bond acceptors (Lipinski definition) is 6. The van der Waals surface area contributed by atoms with E-state index < -0.39 is 26.7 Å². The number of non-ortho nitro benzene ring substituents is 1. The van der Waals surface area contributed by atoms with Crippen LogP contribution in [0.5, 0.6) is 0 Å². The van der Waals surface area contributed by atoms with Crippen LogP contribution in [0.25, 0.3) is 10.2 Å². The molecule has 1 fully saturated rings. The Kier molecular flexibility index (Phi) is 6.41. The first-order valence-corrected chi connectivity index (χ1v) is 12.6. The monoisotopic (exact) mass is 492 g/mol. The van der Waals surface area contributed by atoms with Crippen molar-refractivity contribution in [2.24, 2.45) is 10.9 Å². The van der Waals surface area contributed by atoms with Crippen molar-refractivity contribution < 1.29 is 22.5 Å². The summed E-state index contributed by atoms with van der Waals surface area (Å²) in [5.74, 6) is -1.27. The highest BCUT2D eigenvalue weighted by molar-refractivity contribution is 7.89. The Morgan fingerprint density at radius 2 is 1.88 bits per heavy atom. The summed E-state index contributed by atoms with van der Waals surface area (Å²) in [6.07, 6.45) is 0.649. The van der Waals surface area contributed by atoms with Gasteiger partial charge in [-0.25, -0.2) is 12.8 Å². The Morgan fingerprint density at radius 1 is 1.21 bits per heavy atom. The fourth-order valence-electron chi connectivity index (χ4n) is 3.85. The van der Waals surface area contributed by atoms with E-state index in [-0.39, 0.29) is 29.6 Å². The van der Waals surface area contributed by atoms with Crippen LogP contribution in [0.4, 0.5) is 10.1 Å². The van der Waals surface area contributed by atoms with E-state index in [4.69, 9.17) is 0 Å². The van der Waals surface area contributed by atoms with Crippen LogP contribution in [-0.4, -0.2) is 41.2 Å². The number of nitro groups is 1. The quantitative estimate of drug-likeness (QED) is 0.400. The molecule has 1 aliphatic rings. The number of piperidine rings is 1. The molecule has 12 heteroatoms. The van der Waals surface area contributed by atoms with Crippen molar-refractivity contribution in [3.8, 4) is 0 Å². The molecule has 0 bridgehead atoms. The van der Waals surface area contributed by atoms with Gasteiger partial charge in [-0.05, 0) is 50.1 Å². The number of halogens is 1. The second kappa shape index (κ2) is 9.12. The maximum Gasteiger partial charge on any atom is 0.271 e. The highest BCUT2D eigenvalue weighted by atomic mass is 32.2. The van der Waals surface area contributed by atoms with Crippen LogP contribution in [0.1, 0.15) is 19.8 Å². The van der Waals surface area contributed by atoms with Crippen molar-refractivity contribution in [2.45, 2.75) is 31.2 Å². The summed E-state index contributed by atoms with van der Waals surface area (Å²) >= 11 is 1.28. The average Bonchev–Trinajstić information content (AvgIpc) is 3.15. The number of amides is 1. The Morgan fingerprint density at radius 3 is 2.48 bits per heavy atom. The molecule has 0 spiro atoms. The Labute approximate surface area is 193 Å². The number of nitro benzene ring substituents is 1. The summed E-state index contributed by atoms with van der Waals surface area (Å²) in [5, 5.41) is 11.1. The van der Waals surface area contributed by atoms with Crippen molar-refractivity contribution in [3.63, 3.8) is 0 Å². The van der Waals surface area contributed by atoms with Crippen molar-refractivity contribution in [1.82, 2.24) is 8.87 Å². The molecule has 1 aromatic heterocycles. The van der Waals surface area contributed by atoms with Gasteiger partial charge in [-0.15, -0.1) is 0 Å². The number of aromatic nitrogens is 1. The molecule has 0 N–H and O–H groups in total. The first-order chi connectivity index (χ1) is 15.7. The topological polar surface area (TPSA) is 115 Å². The van der Waals surface area contributed by atoms with Gasteiger partial charge in [0.15, 0.2) is 4.80 Å². The molecule has 9 nitrogen and oxygen atoms in total. The summed E-state index contributed by atoms with van der Waals surface area (Å²) in [4.78, 5) is 28.2. The Bertz CT molecular complexity index is 1390. The first kappa shape index (κ1) is 23.2. The van der Waals surface area contributed by atoms with E-state index in [0.29, 0.717) is 29.7 Å². The fourth-order valence-corrected chi connectivity index (χ4v) is 6.40. The van der Waals surface area contributed by atoms with Gasteiger partial charge in [0.1, 0.15) is 5.82 Å². The molecule has 1 amide bonds. The lowest BCUT2D eigenvalue weighted by atomic mass is 9.98. The maximum atomic E-state index is 13.1. The third kappa shape index (κ3) is 4.59. The molecule has 0 saturated carbocycles. The minimum Gasteiger partial charge on any atom is -0.316 e. The molecule has 174 valence electrons. The van der Waals surface area contributed by atoms with Crippen LogP contribution in [0.3, 0.4) is 0 Å². The summed E-state index contributed by atoms with van der Waals surface area (Å²) in [7, 11) is -3.76. The second-order valence-electron chi connectivity index (χ2n) is 7.62. The molecule has 1 aliphatic heterocycles. The lowest BCUT2D eigenvalue weighted by molar-refractivity contribution is -0.384. The summed E-state index contributed by atoms with van der Waals surface area (Å²) in [6.45, 7) is 2.69. The maximum absolute atomic E-state index is 13.1. The lowest BCUT2D eigenvalue weighted by Crippen LogP contribution is -2.40. The second-order valence-corrected chi connectivity index (χ2v) is 10.6. The number of carbonyl (C=O) groups is 1. The van der Waals surface area contributed by atoms with E-state index in [0.717, 1.165) is 16.8 Å². The van der Waals surface area contributed by atoms with Gasteiger partial charge in [0, 0.05) is 37.7 Å². The molecule has 0 aliphatic carbocycles. The van der Waals surface area contributed by atoms with E-state index in [1.54, 1.807) is 10.6 Å². The van der Waals surface area contributed by atoms with Crippen molar-refractivity contribution in [1.29, 1.82) is 0 Å². The van der Waals surface area contributed by atoms with Gasteiger partial charge in [0.2, 0.25) is 10.0 Å². The number of thiazole rings is 1. The molecule has 0 radical (unpaired) electrons. The Hall–Kier alpha value is -2.96. The molecule has 3 aromatic rings. The van der Waals surface area contributed by atoms with Crippen molar-refractivity contribution in [2.75, 3.05) is 13.1 Å². The number of rotatable bonds is 5. The smallest absolute Gasteiger partial charge is 0.271 e. The van der Waals surface area contributed by atoms with Gasteiger partial charge >= 0.3 is 0 Å². The molecule has 1 saturated heterocycles. The summed E-state index contributed by atoms with van der Waals surface area (Å²) < 4.78 is 42.5. The molecule has 4 rings (SSSR count). The number of hydrogen-bond donors (Lipinski definition) is 0. The van der Waals surface area contributed by atoms with Crippen molar-refractivity contribution in [3.05, 3.63) is 63.2 Å². The molecular formula is C21H21FN4O5S2. The summed E-state index contributed by atoms with van der Waals surface area (Å²) in [6, 6.07) is 9.19. The molecule has 33 heavy (non-hydrogen) atoms. The SMILES string of the molecule is CCn1c(=NC(=O)C2CCN(S(=O)(=O)c3ccc(F)cc3)CC2)sc2ccc([N+](=O)[O-])cc21. The van der Waals surface area contributed by atoms with Gasteiger partial charge in [-0.2, -0.15) is 9.30 Å². The third-order valence-electron chi connectivity index (χ3n) is 5.65. The van der Waals surface area contributed by atoms with Crippen LogP contribution >= 0.6 is 11.3 Å². The standard InChI is InChI=1S/C21H21FN4O5S2/c1-2-25-18-13-16(26(28)29)5-8-19(18)32-21(25)23-20(27)14-9-11-24(12-10-14)33(30,31)17-6-3-15(22)4-7-17/h3-8,13-14H,2,9-12H2,1H3. The third-order valence-corrected chi connectivity index (χ3v) is 8.63.